The molecule has 0 heterocycles. The van der Waals surface area contributed by atoms with E-state index in [-0.39, 0.29) is 11.6 Å². The van der Waals surface area contributed by atoms with Crippen molar-refractivity contribution in [2.24, 2.45) is 5.41 Å². The molecular weight excluding hydrogens is 240 g/mol. The number of aliphatic hydroxyl groups is 1. The molecule has 0 saturated heterocycles. The summed E-state index contributed by atoms with van der Waals surface area (Å²) in [4.78, 5) is 11.8. The number of rotatable bonds is 2. The highest BCUT2D eigenvalue weighted by Gasteiger charge is 2.47. The van der Waals surface area contributed by atoms with Crippen LogP contribution in [0.25, 0.3) is 0 Å². The summed E-state index contributed by atoms with van der Waals surface area (Å²) in [6.07, 6.45) is -0.0108. The number of hydrogen-bond acceptors (Lipinski definition) is 2. The van der Waals surface area contributed by atoms with Gasteiger partial charge in [0.1, 0.15) is 11.6 Å². The van der Waals surface area contributed by atoms with Crippen molar-refractivity contribution in [1.29, 1.82) is 0 Å². The van der Waals surface area contributed by atoms with Crippen LogP contribution in [0.15, 0.2) is 18.2 Å². The lowest BCUT2D eigenvalue weighted by atomic mass is 9.64. The van der Waals surface area contributed by atoms with E-state index in [1.54, 1.807) is 0 Å². The molecule has 2 rings (SSSR count). The van der Waals surface area contributed by atoms with Crippen LogP contribution < -0.4 is 5.32 Å². The van der Waals surface area contributed by atoms with Gasteiger partial charge in [-0.2, -0.15) is 0 Å². The smallest absolute Gasteiger partial charge is 0.251 e. The molecule has 2 atom stereocenters. The predicted octanol–water partition coefficient (Wildman–Crippen LogP) is 1.85. The van der Waals surface area contributed by atoms with Gasteiger partial charge in [-0.15, -0.1) is 0 Å². The molecule has 0 bridgehead atoms. The second-order valence-corrected chi connectivity index (χ2v) is 5.26. The van der Waals surface area contributed by atoms with E-state index in [0.29, 0.717) is 12.5 Å². The molecule has 18 heavy (non-hydrogen) atoms. The van der Waals surface area contributed by atoms with E-state index in [2.05, 4.69) is 5.32 Å². The van der Waals surface area contributed by atoms with Gasteiger partial charge in [-0.05, 0) is 18.6 Å². The minimum Gasteiger partial charge on any atom is -0.392 e. The van der Waals surface area contributed by atoms with Crippen LogP contribution in [-0.4, -0.2) is 23.2 Å². The largest absolute Gasteiger partial charge is 0.392 e. The SMILES string of the molecule is CC1(C)C(O)CC1NC(=O)c1cc(F)cc(F)c1. The third-order valence-electron chi connectivity index (χ3n) is 3.65. The van der Waals surface area contributed by atoms with Gasteiger partial charge in [0.2, 0.25) is 0 Å². The predicted molar refractivity (Wildman–Crippen MR) is 62.0 cm³/mol. The van der Waals surface area contributed by atoms with Crippen LogP contribution in [0.5, 0.6) is 0 Å². The molecule has 0 radical (unpaired) electrons. The standard InChI is InChI=1S/C13H15F2NO2/c1-13(2)10(6-11(13)17)16-12(18)7-3-8(14)5-9(15)4-7/h3-5,10-11,17H,6H2,1-2H3,(H,16,18). The maximum absolute atomic E-state index is 13.0. The van der Waals surface area contributed by atoms with Crippen molar-refractivity contribution in [2.45, 2.75) is 32.4 Å². The van der Waals surface area contributed by atoms with E-state index < -0.39 is 29.1 Å². The molecule has 2 unspecified atom stereocenters. The fourth-order valence-corrected chi connectivity index (χ4v) is 2.07. The fraction of sp³-hybridized carbons (Fsp3) is 0.462. The topological polar surface area (TPSA) is 49.3 Å². The summed E-state index contributed by atoms with van der Waals surface area (Å²) in [5, 5.41) is 12.2. The van der Waals surface area contributed by atoms with Crippen molar-refractivity contribution in [3.05, 3.63) is 35.4 Å². The van der Waals surface area contributed by atoms with E-state index in [4.69, 9.17) is 0 Å². The Morgan fingerprint density at radius 3 is 2.33 bits per heavy atom. The van der Waals surface area contributed by atoms with E-state index in [1.165, 1.54) is 0 Å². The van der Waals surface area contributed by atoms with Gasteiger partial charge in [0.05, 0.1) is 6.10 Å². The summed E-state index contributed by atoms with van der Waals surface area (Å²) in [7, 11) is 0. The number of amides is 1. The Bertz CT molecular complexity index is 468. The van der Waals surface area contributed by atoms with Crippen molar-refractivity contribution in [1.82, 2.24) is 5.32 Å². The summed E-state index contributed by atoms with van der Waals surface area (Å²) in [6, 6.07) is 2.50. The van der Waals surface area contributed by atoms with Crippen molar-refractivity contribution in [3.63, 3.8) is 0 Å². The number of aliphatic hydroxyl groups excluding tert-OH is 1. The van der Waals surface area contributed by atoms with E-state index >= 15 is 0 Å². The van der Waals surface area contributed by atoms with Crippen LogP contribution in [0, 0.1) is 17.0 Å². The lowest BCUT2D eigenvalue weighted by Gasteiger charge is -2.49. The second kappa shape index (κ2) is 4.31. The van der Waals surface area contributed by atoms with Gasteiger partial charge >= 0.3 is 0 Å². The molecule has 5 heteroatoms. The molecule has 2 N–H and O–H groups in total. The summed E-state index contributed by atoms with van der Waals surface area (Å²) in [5.41, 5.74) is -0.466. The molecule has 1 aromatic rings. The maximum atomic E-state index is 13.0. The van der Waals surface area contributed by atoms with Gasteiger partial charge in [0, 0.05) is 23.1 Å². The lowest BCUT2D eigenvalue weighted by molar-refractivity contribution is -0.0689. The van der Waals surface area contributed by atoms with E-state index in [1.807, 2.05) is 13.8 Å². The zero-order chi connectivity index (χ0) is 13.5. The van der Waals surface area contributed by atoms with Gasteiger partial charge in [-0.3, -0.25) is 4.79 Å². The minimum absolute atomic E-state index is 0.0512. The Labute approximate surface area is 104 Å². The first kappa shape index (κ1) is 13.0. The highest BCUT2D eigenvalue weighted by Crippen LogP contribution is 2.40. The molecule has 1 fully saturated rings. The molecule has 1 aliphatic rings. The normalized spacial score (nSPS) is 25.4. The summed E-state index contributed by atoms with van der Waals surface area (Å²) in [5.74, 6) is -2.10. The molecule has 0 aromatic heterocycles. The molecule has 0 spiro atoms. The van der Waals surface area contributed by atoms with Crippen molar-refractivity contribution in [2.75, 3.05) is 0 Å². The molecule has 1 amide bonds. The molecule has 1 aliphatic carbocycles. The monoisotopic (exact) mass is 255 g/mol. The van der Waals surface area contributed by atoms with Crippen LogP contribution in [0.3, 0.4) is 0 Å². The number of carbonyl (C=O) groups is 1. The Kier molecular flexibility index (Phi) is 3.11. The zero-order valence-electron chi connectivity index (χ0n) is 10.2. The first-order valence-electron chi connectivity index (χ1n) is 5.75. The number of nitrogens with one attached hydrogen (secondary N) is 1. The van der Waals surface area contributed by atoms with E-state index in [9.17, 15) is 18.7 Å². The van der Waals surface area contributed by atoms with Crippen LogP contribution in [0.2, 0.25) is 0 Å². The van der Waals surface area contributed by atoms with Gasteiger partial charge < -0.3 is 10.4 Å². The van der Waals surface area contributed by atoms with Crippen LogP contribution >= 0.6 is 0 Å². The Hall–Kier alpha value is -1.49. The third-order valence-corrected chi connectivity index (χ3v) is 3.65. The van der Waals surface area contributed by atoms with Gasteiger partial charge in [-0.25, -0.2) is 8.78 Å². The molecule has 0 aliphatic heterocycles. The summed E-state index contributed by atoms with van der Waals surface area (Å²) < 4.78 is 26.0. The summed E-state index contributed by atoms with van der Waals surface area (Å²) in [6.45, 7) is 3.66. The Balaban J connectivity index is 2.09. The summed E-state index contributed by atoms with van der Waals surface area (Å²) >= 11 is 0. The van der Waals surface area contributed by atoms with Gasteiger partial charge in [0.15, 0.2) is 0 Å². The van der Waals surface area contributed by atoms with E-state index in [0.717, 1.165) is 12.1 Å². The fourth-order valence-electron chi connectivity index (χ4n) is 2.07. The number of benzene rings is 1. The maximum Gasteiger partial charge on any atom is 0.251 e. The van der Waals surface area contributed by atoms with Crippen molar-refractivity contribution < 1.29 is 18.7 Å². The first-order valence-corrected chi connectivity index (χ1v) is 5.75. The molecule has 1 aromatic carbocycles. The molecule has 98 valence electrons. The van der Waals surface area contributed by atoms with Crippen LogP contribution in [0.4, 0.5) is 8.78 Å². The third kappa shape index (κ3) is 2.22. The van der Waals surface area contributed by atoms with Crippen LogP contribution in [-0.2, 0) is 0 Å². The quantitative estimate of drug-likeness (QED) is 0.847. The molecule has 3 nitrogen and oxygen atoms in total. The highest BCUT2D eigenvalue weighted by molar-refractivity contribution is 5.94. The zero-order valence-corrected chi connectivity index (χ0v) is 10.2. The van der Waals surface area contributed by atoms with Gasteiger partial charge in [0.25, 0.3) is 5.91 Å². The van der Waals surface area contributed by atoms with Crippen molar-refractivity contribution in [3.8, 4) is 0 Å². The minimum atomic E-state index is -0.784. The lowest BCUT2D eigenvalue weighted by Crippen LogP contribution is -2.61. The highest BCUT2D eigenvalue weighted by atomic mass is 19.1. The number of carbonyl (C=O) groups excluding carboxylic acids is 1. The first-order chi connectivity index (χ1) is 8.30. The van der Waals surface area contributed by atoms with Gasteiger partial charge in [-0.1, -0.05) is 13.8 Å². The molecular formula is C13H15F2NO2. The Morgan fingerprint density at radius 2 is 1.89 bits per heavy atom. The average Bonchev–Trinajstić information content (AvgIpc) is 2.27. The number of hydrogen-bond donors (Lipinski definition) is 2. The average molecular weight is 255 g/mol. The molecule has 1 saturated carbocycles. The van der Waals surface area contributed by atoms with Crippen molar-refractivity contribution >= 4 is 5.91 Å². The van der Waals surface area contributed by atoms with Crippen LogP contribution in [0.1, 0.15) is 30.6 Å². The Morgan fingerprint density at radius 1 is 1.33 bits per heavy atom. The second-order valence-electron chi connectivity index (χ2n) is 5.26. The number of halogens is 2.